The molecule has 1 aromatic heterocycles. The highest BCUT2D eigenvalue weighted by Gasteiger charge is 2.27. The Balaban J connectivity index is 1.96. The zero-order valence-electron chi connectivity index (χ0n) is 10.6. The molecule has 0 bridgehead atoms. The Hall–Kier alpha value is -2.48. The van der Waals surface area contributed by atoms with Crippen LogP contribution in [0, 0.1) is 11.3 Å². The van der Waals surface area contributed by atoms with Crippen LogP contribution in [0.25, 0.3) is 10.9 Å². The third-order valence-corrected chi connectivity index (χ3v) is 3.35. The minimum Gasteiger partial charge on any atom is -0.450 e. The normalized spacial score (nSPS) is 13.4. The predicted octanol–water partition coefficient (Wildman–Crippen LogP) is 2.51. The molecule has 0 atom stereocenters. The second-order valence-corrected chi connectivity index (χ2v) is 4.51. The lowest BCUT2D eigenvalue weighted by Gasteiger charge is -2.14. The van der Waals surface area contributed by atoms with Gasteiger partial charge in [0.1, 0.15) is 0 Å². The summed E-state index contributed by atoms with van der Waals surface area (Å²) in [6.07, 6.45) is -0.295. The molecule has 0 saturated carbocycles. The number of aromatic nitrogens is 1. The Kier molecular flexibility index (Phi) is 2.64. The second-order valence-electron chi connectivity index (χ2n) is 4.51. The van der Waals surface area contributed by atoms with Gasteiger partial charge in [-0.25, -0.2) is 4.79 Å². The monoisotopic (exact) mass is 255 g/mol. The van der Waals surface area contributed by atoms with Crippen LogP contribution in [0.3, 0.4) is 0 Å². The molecule has 2 aromatic rings. The number of carbonyl (C=O) groups is 1. The van der Waals surface area contributed by atoms with Gasteiger partial charge >= 0.3 is 6.09 Å². The Morgan fingerprint density at radius 3 is 3.11 bits per heavy atom. The van der Waals surface area contributed by atoms with Gasteiger partial charge in [-0.3, -0.25) is 4.90 Å². The lowest BCUT2D eigenvalue weighted by molar-refractivity contribution is 0.106. The molecule has 2 heterocycles. The Labute approximate surface area is 110 Å². The molecule has 1 aromatic carbocycles. The Morgan fingerprint density at radius 1 is 1.53 bits per heavy atom. The van der Waals surface area contributed by atoms with E-state index in [1.165, 1.54) is 0 Å². The topological polar surface area (TPSA) is 69.1 Å². The number of H-pyrrole nitrogens is 1. The molecule has 0 fully saturated rings. The highest BCUT2D eigenvalue weighted by Crippen LogP contribution is 2.31. The van der Waals surface area contributed by atoms with Gasteiger partial charge in [0.15, 0.2) is 0 Å². The summed E-state index contributed by atoms with van der Waals surface area (Å²) in [6, 6.07) is 7.69. The van der Waals surface area contributed by atoms with Crippen LogP contribution in [0.1, 0.15) is 23.7 Å². The standard InChI is InChI=1S/C14H13N3O2/c1-2-19-14(18)17-7-11-10-5-9(6-15)3-4-12(10)16-13(11)8-17/h3-5,16H,2,7-8H2,1H3. The minimum absolute atomic E-state index is 0.295. The molecule has 1 aliphatic rings. The van der Waals surface area contributed by atoms with Crippen molar-refractivity contribution in [3.8, 4) is 6.07 Å². The van der Waals surface area contributed by atoms with Gasteiger partial charge in [-0.1, -0.05) is 0 Å². The fraction of sp³-hybridized carbons (Fsp3) is 0.286. The summed E-state index contributed by atoms with van der Waals surface area (Å²) in [6.45, 7) is 3.23. The number of hydrogen-bond donors (Lipinski definition) is 1. The molecule has 0 spiro atoms. The first kappa shape index (κ1) is 11.6. The molecule has 1 N–H and O–H groups in total. The molecular formula is C14H13N3O2. The van der Waals surface area contributed by atoms with Crippen molar-refractivity contribution in [2.45, 2.75) is 20.0 Å². The third kappa shape index (κ3) is 1.82. The number of fused-ring (bicyclic) bond motifs is 3. The van der Waals surface area contributed by atoms with Crippen LogP contribution in [0.5, 0.6) is 0 Å². The number of nitriles is 1. The van der Waals surface area contributed by atoms with Crippen molar-refractivity contribution in [3.05, 3.63) is 35.0 Å². The summed E-state index contributed by atoms with van der Waals surface area (Å²) >= 11 is 0. The van der Waals surface area contributed by atoms with Gasteiger partial charge in [0.05, 0.1) is 31.3 Å². The first-order chi connectivity index (χ1) is 9.22. The van der Waals surface area contributed by atoms with Gasteiger partial charge in [-0.15, -0.1) is 0 Å². The maximum atomic E-state index is 11.7. The van der Waals surface area contributed by atoms with Crippen LogP contribution < -0.4 is 0 Å². The van der Waals surface area contributed by atoms with Crippen LogP contribution in [0.4, 0.5) is 4.79 Å². The lowest BCUT2D eigenvalue weighted by Crippen LogP contribution is -2.26. The first-order valence-corrected chi connectivity index (χ1v) is 6.18. The highest BCUT2D eigenvalue weighted by molar-refractivity contribution is 5.87. The average Bonchev–Trinajstić information content (AvgIpc) is 2.95. The fourth-order valence-electron chi connectivity index (χ4n) is 2.47. The van der Waals surface area contributed by atoms with Crippen LogP contribution >= 0.6 is 0 Å². The summed E-state index contributed by atoms with van der Waals surface area (Å²) in [5, 5.41) is 9.96. The summed E-state index contributed by atoms with van der Waals surface area (Å²) in [7, 11) is 0. The molecule has 0 radical (unpaired) electrons. The van der Waals surface area contributed by atoms with Crippen molar-refractivity contribution in [1.29, 1.82) is 5.26 Å². The third-order valence-electron chi connectivity index (χ3n) is 3.35. The van der Waals surface area contributed by atoms with E-state index in [2.05, 4.69) is 11.1 Å². The number of amides is 1. The van der Waals surface area contributed by atoms with Crippen molar-refractivity contribution in [1.82, 2.24) is 9.88 Å². The zero-order chi connectivity index (χ0) is 13.4. The van der Waals surface area contributed by atoms with Crippen molar-refractivity contribution < 1.29 is 9.53 Å². The van der Waals surface area contributed by atoms with Crippen LogP contribution in [0.2, 0.25) is 0 Å². The van der Waals surface area contributed by atoms with E-state index < -0.39 is 0 Å². The van der Waals surface area contributed by atoms with E-state index in [9.17, 15) is 4.79 Å². The van der Waals surface area contributed by atoms with Gasteiger partial charge in [0.25, 0.3) is 0 Å². The summed E-state index contributed by atoms with van der Waals surface area (Å²) in [5.74, 6) is 0. The largest absolute Gasteiger partial charge is 0.450 e. The number of nitrogens with zero attached hydrogens (tertiary/aromatic N) is 2. The molecule has 5 nitrogen and oxygen atoms in total. The minimum atomic E-state index is -0.295. The van der Waals surface area contributed by atoms with E-state index in [0.717, 1.165) is 22.2 Å². The smallest absolute Gasteiger partial charge is 0.410 e. The molecule has 5 heteroatoms. The predicted molar refractivity (Wildman–Crippen MR) is 69.3 cm³/mol. The number of benzene rings is 1. The maximum Gasteiger partial charge on any atom is 0.410 e. The van der Waals surface area contributed by atoms with Crippen molar-refractivity contribution in [2.75, 3.05) is 6.61 Å². The number of hydrogen-bond acceptors (Lipinski definition) is 3. The summed E-state index contributed by atoms with van der Waals surface area (Å²) in [5.41, 5.74) is 3.75. The van der Waals surface area contributed by atoms with Crippen molar-refractivity contribution >= 4 is 17.0 Å². The number of carbonyl (C=O) groups excluding carboxylic acids is 1. The number of rotatable bonds is 1. The number of ether oxygens (including phenoxy) is 1. The van der Waals surface area contributed by atoms with Gasteiger partial charge in [-0.05, 0) is 25.1 Å². The summed E-state index contributed by atoms with van der Waals surface area (Å²) in [4.78, 5) is 16.7. The molecule has 3 rings (SSSR count). The first-order valence-electron chi connectivity index (χ1n) is 6.18. The van der Waals surface area contributed by atoms with Gasteiger partial charge < -0.3 is 9.72 Å². The molecule has 0 unspecified atom stereocenters. The van der Waals surface area contributed by atoms with E-state index in [0.29, 0.717) is 25.3 Å². The molecular weight excluding hydrogens is 242 g/mol. The van der Waals surface area contributed by atoms with E-state index in [-0.39, 0.29) is 6.09 Å². The van der Waals surface area contributed by atoms with Crippen molar-refractivity contribution in [3.63, 3.8) is 0 Å². The Bertz CT molecular complexity index is 697. The molecule has 0 aliphatic carbocycles. The zero-order valence-corrected chi connectivity index (χ0v) is 10.6. The molecule has 19 heavy (non-hydrogen) atoms. The molecule has 0 saturated heterocycles. The lowest BCUT2D eigenvalue weighted by atomic mass is 10.1. The number of nitrogens with one attached hydrogen (secondary N) is 1. The van der Waals surface area contributed by atoms with Crippen LogP contribution in [-0.4, -0.2) is 22.6 Å². The highest BCUT2D eigenvalue weighted by atomic mass is 16.6. The van der Waals surface area contributed by atoms with E-state index in [4.69, 9.17) is 10.00 Å². The molecule has 1 amide bonds. The van der Waals surface area contributed by atoms with Crippen molar-refractivity contribution in [2.24, 2.45) is 0 Å². The van der Waals surface area contributed by atoms with Crippen LogP contribution in [0.15, 0.2) is 18.2 Å². The quantitative estimate of drug-likeness (QED) is 0.851. The molecule has 96 valence electrons. The SMILES string of the molecule is CCOC(=O)N1Cc2[nH]c3ccc(C#N)cc3c2C1. The van der Waals surface area contributed by atoms with E-state index in [1.54, 1.807) is 17.9 Å². The second kappa shape index (κ2) is 4.32. The van der Waals surface area contributed by atoms with Gasteiger partial charge in [0.2, 0.25) is 0 Å². The average molecular weight is 255 g/mol. The van der Waals surface area contributed by atoms with Crippen LogP contribution in [-0.2, 0) is 17.8 Å². The molecule has 1 aliphatic heterocycles. The number of aromatic amines is 1. The summed E-state index contributed by atoms with van der Waals surface area (Å²) < 4.78 is 5.00. The van der Waals surface area contributed by atoms with Gasteiger partial charge in [-0.2, -0.15) is 5.26 Å². The Morgan fingerprint density at radius 2 is 2.37 bits per heavy atom. The maximum absolute atomic E-state index is 11.7. The van der Waals surface area contributed by atoms with Gasteiger partial charge in [0, 0.05) is 22.2 Å². The fourth-order valence-corrected chi connectivity index (χ4v) is 2.47. The van der Waals surface area contributed by atoms with E-state index in [1.807, 2.05) is 12.1 Å². The van der Waals surface area contributed by atoms with E-state index >= 15 is 0 Å².